The number of nitrogens with one attached hydrogen (secondary N) is 1. The molecule has 1 aliphatic carbocycles. The van der Waals surface area contributed by atoms with Gasteiger partial charge in [0.1, 0.15) is 0 Å². The van der Waals surface area contributed by atoms with E-state index in [2.05, 4.69) is 23.5 Å². The van der Waals surface area contributed by atoms with Crippen LogP contribution in [-0.2, 0) is 22.9 Å². The van der Waals surface area contributed by atoms with Crippen molar-refractivity contribution >= 4 is 21.6 Å². The monoisotopic (exact) mass is 448 g/mol. The quantitative estimate of drug-likeness (QED) is 0.589. The number of hydrogen-bond donors (Lipinski definition) is 1. The van der Waals surface area contributed by atoms with Gasteiger partial charge < -0.3 is 5.32 Å². The van der Waals surface area contributed by atoms with Gasteiger partial charge >= 0.3 is 0 Å². The molecule has 0 bridgehead atoms. The molecule has 1 aliphatic rings. The maximum Gasteiger partial charge on any atom is 0.264 e. The number of rotatable bonds is 6. The van der Waals surface area contributed by atoms with E-state index in [0.717, 1.165) is 24.0 Å². The molecule has 3 aromatic rings. The van der Waals surface area contributed by atoms with Gasteiger partial charge in [0.2, 0.25) is 0 Å². The summed E-state index contributed by atoms with van der Waals surface area (Å²) < 4.78 is 27.2. The Morgan fingerprint density at radius 2 is 1.69 bits per heavy atom. The molecule has 32 heavy (non-hydrogen) atoms. The fourth-order valence-corrected chi connectivity index (χ4v) is 5.26. The average Bonchev–Trinajstić information content (AvgIpc) is 3.27. The van der Waals surface area contributed by atoms with Crippen LogP contribution in [0.15, 0.2) is 71.6 Å². The number of amides is 1. The van der Waals surface area contributed by atoms with E-state index in [1.54, 1.807) is 48.5 Å². The van der Waals surface area contributed by atoms with Crippen molar-refractivity contribution in [2.24, 2.45) is 0 Å². The maximum atomic E-state index is 13.0. The Kier molecular flexibility index (Phi) is 6.07. The first-order valence-corrected chi connectivity index (χ1v) is 12.3. The SMILES string of the molecule is Cc1ccc(S(=O)(=O)N(C)c2cccc(C(=O)N[C@@H](C)c3ccc4c(c3)CCC4)c2)cc1. The van der Waals surface area contributed by atoms with E-state index in [4.69, 9.17) is 0 Å². The van der Waals surface area contributed by atoms with Crippen LogP contribution in [-0.4, -0.2) is 21.4 Å². The van der Waals surface area contributed by atoms with Crippen molar-refractivity contribution < 1.29 is 13.2 Å². The molecule has 0 aliphatic heterocycles. The van der Waals surface area contributed by atoms with Crippen molar-refractivity contribution in [3.8, 4) is 0 Å². The average molecular weight is 449 g/mol. The number of aryl methyl sites for hydroxylation is 3. The van der Waals surface area contributed by atoms with Crippen LogP contribution in [0, 0.1) is 6.92 Å². The molecule has 1 N–H and O–H groups in total. The zero-order valence-corrected chi connectivity index (χ0v) is 19.4. The lowest BCUT2D eigenvalue weighted by Crippen LogP contribution is -2.28. The van der Waals surface area contributed by atoms with Crippen LogP contribution in [0.25, 0.3) is 0 Å². The molecule has 1 atom stereocenters. The zero-order chi connectivity index (χ0) is 22.9. The minimum absolute atomic E-state index is 0.147. The van der Waals surface area contributed by atoms with Crippen molar-refractivity contribution in [2.75, 3.05) is 11.4 Å². The highest BCUT2D eigenvalue weighted by atomic mass is 32.2. The molecule has 4 rings (SSSR count). The smallest absolute Gasteiger partial charge is 0.264 e. The van der Waals surface area contributed by atoms with Gasteiger partial charge in [0.15, 0.2) is 0 Å². The summed E-state index contributed by atoms with van der Waals surface area (Å²) in [6, 6.07) is 19.7. The molecule has 3 aromatic carbocycles. The molecular formula is C26H28N2O3S. The normalized spacial score (nSPS) is 14.0. The van der Waals surface area contributed by atoms with Gasteiger partial charge in [-0.1, -0.05) is 42.0 Å². The highest BCUT2D eigenvalue weighted by molar-refractivity contribution is 7.92. The Morgan fingerprint density at radius 1 is 0.969 bits per heavy atom. The van der Waals surface area contributed by atoms with Gasteiger partial charge in [0.25, 0.3) is 15.9 Å². The Bertz CT molecular complexity index is 1250. The van der Waals surface area contributed by atoms with Gasteiger partial charge in [-0.3, -0.25) is 9.10 Å². The summed E-state index contributed by atoms with van der Waals surface area (Å²) in [4.78, 5) is 13.1. The predicted octanol–water partition coefficient (Wildman–Crippen LogP) is 4.80. The fraction of sp³-hybridized carbons (Fsp3) is 0.269. The lowest BCUT2D eigenvalue weighted by atomic mass is 10.0. The molecule has 0 saturated heterocycles. The Hall–Kier alpha value is -3.12. The number of benzene rings is 3. The zero-order valence-electron chi connectivity index (χ0n) is 18.6. The van der Waals surface area contributed by atoms with Gasteiger partial charge in [-0.15, -0.1) is 0 Å². The van der Waals surface area contributed by atoms with Gasteiger partial charge in [0.05, 0.1) is 16.6 Å². The maximum absolute atomic E-state index is 13.0. The Labute approximate surface area is 190 Å². The molecule has 0 radical (unpaired) electrons. The molecule has 1 amide bonds. The number of nitrogens with zero attached hydrogens (tertiary/aromatic N) is 1. The highest BCUT2D eigenvalue weighted by Gasteiger charge is 2.22. The fourth-order valence-electron chi connectivity index (χ4n) is 4.07. The third kappa shape index (κ3) is 4.41. The largest absolute Gasteiger partial charge is 0.346 e. The van der Waals surface area contributed by atoms with Crippen molar-refractivity contribution in [3.05, 3.63) is 94.5 Å². The summed E-state index contributed by atoms with van der Waals surface area (Å²) in [7, 11) is -2.22. The molecular weight excluding hydrogens is 420 g/mol. The first-order valence-electron chi connectivity index (χ1n) is 10.8. The van der Waals surface area contributed by atoms with E-state index in [-0.39, 0.29) is 16.8 Å². The molecule has 5 nitrogen and oxygen atoms in total. The van der Waals surface area contributed by atoms with E-state index >= 15 is 0 Å². The summed E-state index contributed by atoms with van der Waals surface area (Å²) in [5.41, 5.74) is 5.69. The van der Waals surface area contributed by atoms with E-state index in [0.29, 0.717) is 11.3 Å². The summed E-state index contributed by atoms with van der Waals surface area (Å²) in [5.74, 6) is -0.235. The van der Waals surface area contributed by atoms with Crippen LogP contribution in [0.3, 0.4) is 0 Å². The standard InChI is InChI=1S/C26H28N2O3S/c1-18-10-14-25(15-11-18)32(30,31)28(3)24-9-5-8-23(17-24)26(29)27-19(2)21-13-12-20-6-4-7-22(20)16-21/h5,8-17,19H,4,6-7H2,1-3H3,(H,27,29)/t19-/m0/s1. The van der Waals surface area contributed by atoms with Gasteiger partial charge in [-0.2, -0.15) is 0 Å². The molecule has 166 valence electrons. The molecule has 0 spiro atoms. The van der Waals surface area contributed by atoms with E-state index in [1.165, 1.54) is 28.9 Å². The van der Waals surface area contributed by atoms with Crippen molar-refractivity contribution in [1.82, 2.24) is 5.32 Å². The van der Waals surface area contributed by atoms with Crippen LogP contribution in [0.4, 0.5) is 5.69 Å². The van der Waals surface area contributed by atoms with Crippen LogP contribution < -0.4 is 9.62 Å². The molecule has 0 heterocycles. The summed E-state index contributed by atoms with van der Waals surface area (Å²) in [6.07, 6.45) is 3.40. The number of carbonyl (C=O) groups is 1. The second kappa shape index (κ2) is 8.79. The lowest BCUT2D eigenvalue weighted by Gasteiger charge is -2.21. The summed E-state index contributed by atoms with van der Waals surface area (Å²) >= 11 is 0. The molecule has 0 fully saturated rings. The predicted molar refractivity (Wildman–Crippen MR) is 128 cm³/mol. The van der Waals surface area contributed by atoms with Crippen LogP contribution in [0.2, 0.25) is 0 Å². The molecule has 6 heteroatoms. The number of fused-ring (bicyclic) bond motifs is 1. The van der Waals surface area contributed by atoms with Crippen molar-refractivity contribution in [3.63, 3.8) is 0 Å². The third-order valence-electron chi connectivity index (χ3n) is 6.12. The van der Waals surface area contributed by atoms with Gasteiger partial charge in [-0.05, 0) is 80.1 Å². The van der Waals surface area contributed by atoms with Crippen molar-refractivity contribution in [2.45, 2.75) is 44.0 Å². The second-order valence-corrected chi connectivity index (χ2v) is 10.4. The van der Waals surface area contributed by atoms with E-state index in [9.17, 15) is 13.2 Å². The van der Waals surface area contributed by atoms with Crippen LogP contribution >= 0.6 is 0 Å². The first-order chi connectivity index (χ1) is 15.3. The van der Waals surface area contributed by atoms with E-state index < -0.39 is 10.0 Å². The van der Waals surface area contributed by atoms with Crippen LogP contribution in [0.5, 0.6) is 0 Å². The number of hydrogen-bond acceptors (Lipinski definition) is 3. The minimum atomic E-state index is -3.72. The van der Waals surface area contributed by atoms with Gasteiger partial charge in [-0.25, -0.2) is 8.42 Å². The highest BCUT2D eigenvalue weighted by Crippen LogP contribution is 2.26. The third-order valence-corrected chi connectivity index (χ3v) is 7.92. The lowest BCUT2D eigenvalue weighted by molar-refractivity contribution is 0.0940. The number of sulfonamides is 1. The summed E-state index contributed by atoms with van der Waals surface area (Å²) in [6.45, 7) is 3.87. The van der Waals surface area contributed by atoms with Crippen molar-refractivity contribution in [1.29, 1.82) is 0 Å². The Balaban J connectivity index is 1.51. The summed E-state index contributed by atoms with van der Waals surface area (Å²) in [5, 5.41) is 3.04. The topological polar surface area (TPSA) is 66.5 Å². The molecule has 0 aromatic heterocycles. The first kappa shape index (κ1) is 22.1. The van der Waals surface area contributed by atoms with E-state index in [1.807, 2.05) is 13.8 Å². The van der Waals surface area contributed by atoms with Crippen LogP contribution in [0.1, 0.15) is 52.0 Å². The number of carbonyl (C=O) groups excluding carboxylic acids is 1. The van der Waals surface area contributed by atoms with Gasteiger partial charge in [0, 0.05) is 12.6 Å². The molecule has 0 unspecified atom stereocenters. The second-order valence-electron chi connectivity index (χ2n) is 8.41. The minimum Gasteiger partial charge on any atom is -0.346 e. The number of anilines is 1. The molecule has 0 saturated carbocycles. The Morgan fingerprint density at radius 3 is 2.44 bits per heavy atom.